The molecule has 1 aliphatic heterocycles. The Labute approximate surface area is 172 Å². The molecule has 0 N–H and O–H groups in total. The summed E-state index contributed by atoms with van der Waals surface area (Å²) < 4.78 is 26.8. The van der Waals surface area contributed by atoms with Crippen LogP contribution >= 0.6 is 0 Å². The number of Topliss-reactive ketones (excluding diaryl/α,β-unsaturated/α-hetero) is 1. The summed E-state index contributed by atoms with van der Waals surface area (Å²) in [7, 11) is 0. The van der Waals surface area contributed by atoms with Crippen LogP contribution in [0.2, 0.25) is 0 Å². The second kappa shape index (κ2) is 7.36. The molecule has 1 unspecified atom stereocenters. The maximum Gasteiger partial charge on any atom is 0.231 e. The minimum atomic E-state index is -0.376. The van der Waals surface area contributed by atoms with E-state index in [4.69, 9.17) is 9.47 Å². The molecule has 0 fully saturated rings. The van der Waals surface area contributed by atoms with Crippen molar-refractivity contribution in [2.75, 3.05) is 13.2 Å². The van der Waals surface area contributed by atoms with Gasteiger partial charge in [-0.1, -0.05) is 18.2 Å². The molecule has 5 rings (SSSR count). The maximum atomic E-state index is 13.5. The van der Waals surface area contributed by atoms with Crippen LogP contribution < -0.4 is 31.0 Å². The summed E-state index contributed by atoms with van der Waals surface area (Å²) in [6.45, 7) is 1.08. The molecule has 3 aromatic rings. The van der Waals surface area contributed by atoms with Gasteiger partial charge in [0.2, 0.25) is 11.8 Å². The number of benzene rings is 2. The number of hydrogen-bond donors (Lipinski definition) is 0. The Bertz CT molecular complexity index is 1050. The van der Waals surface area contributed by atoms with Gasteiger partial charge in [0.25, 0.3) is 0 Å². The molecule has 0 amide bonds. The van der Waals surface area contributed by atoms with E-state index in [-0.39, 0.29) is 34.6 Å². The summed E-state index contributed by atoms with van der Waals surface area (Å²) in [5.74, 6) is 1.08. The zero-order valence-corrected chi connectivity index (χ0v) is 16.5. The Kier molecular flexibility index (Phi) is 4.89. The van der Waals surface area contributed by atoms with Gasteiger partial charge in [0, 0.05) is 29.7 Å². The van der Waals surface area contributed by atoms with Gasteiger partial charge in [0.1, 0.15) is 19.0 Å². The Morgan fingerprint density at radius 2 is 1.75 bits per heavy atom. The molecule has 28 heavy (non-hydrogen) atoms. The first-order chi connectivity index (χ1) is 13.2. The van der Waals surface area contributed by atoms with Gasteiger partial charge < -0.3 is 26.5 Å². The average Bonchev–Trinajstić information content (AvgIpc) is 3.04. The van der Waals surface area contributed by atoms with Crippen molar-refractivity contribution >= 4 is 5.78 Å². The normalized spacial score (nSPS) is 17.0. The van der Waals surface area contributed by atoms with E-state index in [1.807, 2.05) is 47.3 Å². The van der Waals surface area contributed by atoms with Gasteiger partial charge in [-0.05, 0) is 29.3 Å². The molecular weight excluding hydrogens is 425 g/mol. The number of aromatic nitrogens is 1. The Morgan fingerprint density at radius 3 is 2.57 bits per heavy atom. The van der Waals surface area contributed by atoms with Crippen LogP contribution in [0.15, 0.2) is 60.9 Å². The number of pyridine rings is 1. The lowest BCUT2D eigenvalue weighted by molar-refractivity contribution is -0.706. The lowest BCUT2D eigenvalue weighted by Crippen LogP contribution is -3.00. The van der Waals surface area contributed by atoms with Gasteiger partial charge in [-0.2, -0.15) is 4.57 Å². The Balaban J connectivity index is 0.00000192. The van der Waals surface area contributed by atoms with E-state index >= 15 is 0 Å². The number of carbonyl (C=O) groups excluding carboxylic acids is 1. The quantitative estimate of drug-likeness (QED) is 0.544. The summed E-state index contributed by atoms with van der Waals surface area (Å²) in [6.07, 6.45) is 4.36. The third kappa shape index (κ3) is 3.07. The van der Waals surface area contributed by atoms with Crippen molar-refractivity contribution in [2.45, 2.75) is 12.5 Å². The molecule has 1 aromatic heterocycles. The molecule has 1 aliphatic carbocycles. The van der Waals surface area contributed by atoms with Crippen molar-refractivity contribution in [3.05, 3.63) is 77.9 Å². The Morgan fingerprint density at radius 1 is 0.964 bits per heavy atom. The van der Waals surface area contributed by atoms with E-state index < -0.39 is 0 Å². The van der Waals surface area contributed by atoms with Crippen LogP contribution in [0, 0.1) is 5.82 Å². The third-order valence-corrected chi connectivity index (χ3v) is 5.14. The number of nitrogens with zero attached hydrogens (tertiary/aromatic N) is 1. The topological polar surface area (TPSA) is 39.4 Å². The van der Waals surface area contributed by atoms with Crippen LogP contribution in [0.25, 0.3) is 11.1 Å². The first-order valence-corrected chi connectivity index (χ1v) is 8.93. The Hall–Kier alpha value is -2.73. The lowest BCUT2D eigenvalue weighted by atomic mass is 10.0. The highest BCUT2D eigenvalue weighted by atomic mass is 79.9. The van der Waals surface area contributed by atoms with Crippen LogP contribution in [-0.2, 0) is 6.42 Å². The predicted octanol–water partition coefficient (Wildman–Crippen LogP) is 0.535. The van der Waals surface area contributed by atoms with Crippen LogP contribution in [0.4, 0.5) is 4.39 Å². The van der Waals surface area contributed by atoms with E-state index in [2.05, 4.69) is 0 Å². The maximum absolute atomic E-state index is 13.5. The van der Waals surface area contributed by atoms with Gasteiger partial charge >= 0.3 is 0 Å². The van der Waals surface area contributed by atoms with Crippen LogP contribution in [-0.4, -0.2) is 19.0 Å². The highest BCUT2D eigenvalue weighted by Crippen LogP contribution is 2.39. The van der Waals surface area contributed by atoms with Gasteiger partial charge in [-0.25, -0.2) is 4.39 Å². The third-order valence-electron chi connectivity index (χ3n) is 5.14. The fourth-order valence-electron chi connectivity index (χ4n) is 3.80. The molecule has 0 spiro atoms. The molecule has 4 nitrogen and oxygen atoms in total. The van der Waals surface area contributed by atoms with Crippen molar-refractivity contribution in [3.8, 4) is 22.6 Å². The largest absolute Gasteiger partial charge is 1.00 e. The molecule has 2 heterocycles. The van der Waals surface area contributed by atoms with Crippen molar-refractivity contribution in [3.63, 3.8) is 0 Å². The number of ketones is 1. The molecule has 2 aliphatic rings. The van der Waals surface area contributed by atoms with E-state index in [1.165, 1.54) is 12.1 Å². The number of para-hydroxylation sites is 1. The highest BCUT2D eigenvalue weighted by Gasteiger charge is 2.37. The zero-order valence-electron chi connectivity index (χ0n) is 14.9. The first kappa shape index (κ1) is 18.6. The molecular formula is C22H17BrFNO3. The highest BCUT2D eigenvalue weighted by molar-refractivity contribution is 6.02. The minimum absolute atomic E-state index is 0. The van der Waals surface area contributed by atoms with Crippen molar-refractivity contribution in [2.24, 2.45) is 0 Å². The monoisotopic (exact) mass is 441 g/mol. The molecule has 0 saturated carbocycles. The fraction of sp³-hybridized carbons (Fsp3) is 0.182. The summed E-state index contributed by atoms with van der Waals surface area (Å²) >= 11 is 0. The summed E-state index contributed by atoms with van der Waals surface area (Å²) in [6, 6.07) is 13.9. The number of fused-ring (bicyclic) bond motifs is 2. The van der Waals surface area contributed by atoms with Crippen molar-refractivity contribution in [1.82, 2.24) is 0 Å². The van der Waals surface area contributed by atoms with Crippen molar-refractivity contribution < 1.29 is 40.2 Å². The number of ether oxygens (including phenoxy) is 2. The molecule has 1 atom stereocenters. The summed E-state index contributed by atoms with van der Waals surface area (Å²) in [5.41, 5.74) is 3.33. The van der Waals surface area contributed by atoms with Gasteiger partial charge in [-0.15, -0.1) is 0 Å². The summed E-state index contributed by atoms with van der Waals surface area (Å²) in [5, 5.41) is 0. The van der Waals surface area contributed by atoms with Gasteiger partial charge in [0.15, 0.2) is 23.9 Å². The number of halogens is 2. The molecule has 0 bridgehead atoms. The SMILES string of the molecule is O=C1c2cc(F)ccc2CC1[n+]1ccc(-c2cccc3c2OCCO3)cc1.[Br-]. The molecule has 6 heteroatoms. The molecule has 0 radical (unpaired) electrons. The van der Waals surface area contributed by atoms with Crippen LogP contribution in [0.5, 0.6) is 11.5 Å². The number of rotatable bonds is 2. The summed E-state index contributed by atoms with van der Waals surface area (Å²) in [4.78, 5) is 12.7. The zero-order chi connectivity index (χ0) is 18.4. The van der Waals surface area contributed by atoms with Crippen molar-refractivity contribution in [1.29, 1.82) is 0 Å². The second-order valence-corrected chi connectivity index (χ2v) is 6.75. The standard InChI is InChI=1S/C22H17FNO3.BrH/c23-16-5-4-15-12-19(21(25)18(15)13-16)24-8-6-14(7-9-24)17-2-1-3-20-22(17)27-11-10-26-20;/h1-9,13,19H,10-12H2;1H/q+1;/p-1. The fourth-order valence-corrected chi connectivity index (χ4v) is 3.80. The minimum Gasteiger partial charge on any atom is -1.00 e. The average molecular weight is 442 g/mol. The number of carbonyl (C=O) groups is 1. The molecule has 2 aromatic carbocycles. The van der Waals surface area contributed by atoms with E-state index in [0.29, 0.717) is 25.2 Å². The molecule has 0 saturated heterocycles. The van der Waals surface area contributed by atoms with Crippen LogP contribution in [0.1, 0.15) is 22.0 Å². The van der Waals surface area contributed by atoms with Gasteiger partial charge in [0.05, 0.1) is 0 Å². The molecule has 142 valence electrons. The first-order valence-electron chi connectivity index (χ1n) is 8.93. The van der Waals surface area contributed by atoms with Gasteiger partial charge in [-0.3, -0.25) is 4.79 Å². The smallest absolute Gasteiger partial charge is 0.231 e. The predicted molar refractivity (Wildman–Crippen MR) is 96.5 cm³/mol. The number of hydrogen-bond acceptors (Lipinski definition) is 3. The second-order valence-electron chi connectivity index (χ2n) is 6.75. The van der Waals surface area contributed by atoms with E-state index in [1.54, 1.807) is 6.07 Å². The van der Waals surface area contributed by atoms with E-state index in [0.717, 1.165) is 28.2 Å². The van der Waals surface area contributed by atoms with Crippen LogP contribution in [0.3, 0.4) is 0 Å². The lowest BCUT2D eigenvalue weighted by Gasteiger charge is -2.20. The van der Waals surface area contributed by atoms with E-state index in [9.17, 15) is 9.18 Å².